The van der Waals surface area contributed by atoms with Crippen molar-refractivity contribution >= 4 is 34.7 Å². The van der Waals surface area contributed by atoms with Crippen molar-refractivity contribution in [3.05, 3.63) is 65.1 Å². The highest BCUT2D eigenvalue weighted by molar-refractivity contribution is 5.93. The third kappa shape index (κ3) is 4.26. The molecule has 0 unspecified atom stereocenters. The predicted molar refractivity (Wildman–Crippen MR) is 116 cm³/mol. The van der Waals surface area contributed by atoms with Gasteiger partial charge in [-0.2, -0.15) is 0 Å². The number of likely N-dealkylation sites (N-methyl/N-ethyl adjacent to an activating group) is 1. The maximum Gasteiger partial charge on any atom is 0.246 e. The Morgan fingerprint density at radius 2 is 2.17 bits per heavy atom. The minimum atomic E-state index is -0.128. The lowest BCUT2D eigenvalue weighted by Crippen LogP contribution is -2.32. The molecule has 2 amide bonds. The van der Waals surface area contributed by atoms with Crippen LogP contribution in [0.3, 0.4) is 0 Å². The monoisotopic (exact) mass is 404 g/mol. The van der Waals surface area contributed by atoms with Gasteiger partial charge in [-0.1, -0.05) is 18.2 Å². The zero-order valence-electron chi connectivity index (χ0n) is 17.1. The van der Waals surface area contributed by atoms with Gasteiger partial charge in [0.05, 0.1) is 13.1 Å². The quantitative estimate of drug-likeness (QED) is 0.653. The van der Waals surface area contributed by atoms with Crippen molar-refractivity contribution in [2.45, 2.75) is 19.9 Å². The fourth-order valence-electron chi connectivity index (χ4n) is 3.49. The number of anilines is 1. The first-order valence-electron chi connectivity index (χ1n) is 9.91. The Bertz CT molecular complexity index is 1130. The number of pyridine rings is 1. The molecule has 7 heteroatoms. The van der Waals surface area contributed by atoms with E-state index in [9.17, 15) is 9.59 Å². The number of rotatable bonds is 4. The second-order valence-corrected chi connectivity index (χ2v) is 7.43. The minimum absolute atomic E-state index is 0.107. The summed E-state index contributed by atoms with van der Waals surface area (Å²) in [6.45, 7) is 3.39. The van der Waals surface area contributed by atoms with Crippen LogP contribution in [0, 0.1) is 6.92 Å². The van der Waals surface area contributed by atoms with Crippen molar-refractivity contribution in [1.82, 2.24) is 15.2 Å². The van der Waals surface area contributed by atoms with Gasteiger partial charge in [0.25, 0.3) is 0 Å². The topological polar surface area (TPSA) is 87.5 Å². The maximum atomic E-state index is 12.6. The Kier molecular flexibility index (Phi) is 5.63. The van der Waals surface area contributed by atoms with Crippen molar-refractivity contribution in [3.63, 3.8) is 0 Å². The summed E-state index contributed by atoms with van der Waals surface area (Å²) in [5.74, 6) is 1.13. The van der Waals surface area contributed by atoms with Crippen LogP contribution < -0.4 is 10.6 Å². The number of hydrogen-bond donors (Lipinski definition) is 2. The lowest BCUT2D eigenvalue weighted by molar-refractivity contribution is -0.125. The third-order valence-electron chi connectivity index (χ3n) is 5.22. The molecule has 30 heavy (non-hydrogen) atoms. The van der Waals surface area contributed by atoms with Gasteiger partial charge in [-0.25, -0.2) is 4.98 Å². The highest BCUT2D eigenvalue weighted by Gasteiger charge is 2.15. The number of carbonyl (C=O) groups excluding carboxylic acids is 2. The molecule has 3 aromatic rings. The molecule has 154 valence electrons. The average Bonchev–Trinajstić information content (AvgIpc) is 3.04. The van der Waals surface area contributed by atoms with Gasteiger partial charge in [-0.05, 0) is 49.2 Å². The summed E-state index contributed by atoms with van der Waals surface area (Å²) in [5.41, 5.74) is 3.63. The predicted octanol–water partition coefficient (Wildman–Crippen LogP) is 2.89. The van der Waals surface area contributed by atoms with Crippen LogP contribution in [-0.4, -0.2) is 41.8 Å². The van der Waals surface area contributed by atoms with Gasteiger partial charge in [0.2, 0.25) is 11.8 Å². The first-order chi connectivity index (χ1) is 14.5. The molecule has 1 aromatic carbocycles. The molecular formula is C23H24N4O3. The van der Waals surface area contributed by atoms with E-state index in [1.54, 1.807) is 24.2 Å². The number of fused-ring (bicyclic) bond motifs is 2. The van der Waals surface area contributed by atoms with Crippen molar-refractivity contribution < 1.29 is 14.0 Å². The van der Waals surface area contributed by atoms with Crippen molar-refractivity contribution in [2.24, 2.45) is 0 Å². The molecule has 0 bridgehead atoms. The fraction of sp³-hybridized carbons (Fsp3) is 0.261. The summed E-state index contributed by atoms with van der Waals surface area (Å²) in [7, 11) is 1.75. The number of amides is 2. The molecule has 1 aliphatic heterocycles. The molecule has 1 aliphatic rings. The van der Waals surface area contributed by atoms with E-state index in [1.165, 1.54) is 6.08 Å². The van der Waals surface area contributed by atoms with Crippen molar-refractivity contribution in [1.29, 1.82) is 0 Å². The first kappa shape index (κ1) is 19.8. The number of carbonyl (C=O) groups is 2. The normalized spacial score (nSPS) is 14.3. The summed E-state index contributed by atoms with van der Waals surface area (Å²) in [6.07, 6.45) is 5.68. The number of benzene rings is 1. The molecule has 7 nitrogen and oxygen atoms in total. The summed E-state index contributed by atoms with van der Waals surface area (Å²) in [5, 5.41) is 6.93. The van der Waals surface area contributed by atoms with Gasteiger partial charge < -0.3 is 20.0 Å². The zero-order chi connectivity index (χ0) is 21.1. The fourth-order valence-corrected chi connectivity index (χ4v) is 3.49. The maximum absolute atomic E-state index is 12.6. The van der Waals surface area contributed by atoms with Gasteiger partial charge in [0.15, 0.2) is 0 Å². The van der Waals surface area contributed by atoms with E-state index < -0.39 is 0 Å². The van der Waals surface area contributed by atoms with E-state index in [4.69, 9.17) is 4.42 Å². The molecule has 0 atom stereocenters. The summed E-state index contributed by atoms with van der Waals surface area (Å²) < 4.78 is 5.91. The van der Waals surface area contributed by atoms with Crippen LogP contribution in [0.4, 0.5) is 5.82 Å². The van der Waals surface area contributed by atoms with E-state index in [1.807, 2.05) is 37.3 Å². The largest absolute Gasteiger partial charge is 0.459 e. The Balaban J connectivity index is 1.45. The highest BCUT2D eigenvalue weighted by Crippen LogP contribution is 2.25. The second-order valence-electron chi connectivity index (χ2n) is 7.43. The number of aromatic nitrogens is 1. The van der Waals surface area contributed by atoms with Gasteiger partial charge in [-0.3, -0.25) is 9.59 Å². The average molecular weight is 404 g/mol. The molecule has 0 spiro atoms. The number of furan rings is 1. The Labute approximate surface area is 174 Å². The second kappa shape index (κ2) is 8.51. The lowest BCUT2D eigenvalue weighted by Gasteiger charge is -2.15. The van der Waals surface area contributed by atoms with E-state index in [2.05, 4.69) is 15.6 Å². The van der Waals surface area contributed by atoms with E-state index >= 15 is 0 Å². The summed E-state index contributed by atoms with van der Waals surface area (Å²) in [6, 6.07) is 9.81. The lowest BCUT2D eigenvalue weighted by atomic mass is 10.1. The SMILES string of the molecule is Cc1c(CN(C)C(=O)/C=C/c2cnc3c(c2)CCNCC(=O)N3)oc2ccccc12. The van der Waals surface area contributed by atoms with Crippen LogP contribution in [0.5, 0.6) is 0 Å². The van der Waals surface area contributed by atoms with Gasteiger partial charge in [0.1, 0.15) is 17.2 Å². The number of aryl methyl sites for hydroxylation is 1. The molecule has 0 radical (unpaired) electrons. The van der Waals surface area contributed by atoms with Gasteiger partial charge >= 0.3 is 0 Å². The van der Waals surface area contributed by atoms with Crippen LogP contribution in [-0.2, 0) is 22.6 Å². The smallest absolute Gasteiger partial charge is 0.246 e. The Morgan fingerprint density at radius 1 is 1.33 bits per heavy atom. The molecular weight excluding hydrogens is 380 g/mol. The van der Waals surface area contributed by atoms with Crippen molar-refractivity contribution in [3.8, 4) is 0 Å². The number of hydrogen-bond acceptors (Lipinski definition) is 5. The highest BCUT2D eigenvalue weighted by atomic mass is 16.3. The first-order valence-corrected chi connectivity index (χ1v) is 9.91. The standard InChI is InChI=1S/C23H24N4O3/c1-15-18-5-3-4-6-19(18)30-20(15)14-27(2)22(29)8-7-16-11-17-9-10-24-13-21(28)26-23(17)25-12-16/h3-8,11-12,24H,9-10,13-14H2,1-2H3,(H,25,26,28)/b8-7+. The third-order valence-corrected chi connectivity index (χ3v) is 5.22. The van der Waals surface area contributed by atoms with Crippen LogP contribution >= 0.6 is 0 Å². The molecule has 4 rings (SSSR count). The van der Waals surface area contributed by atoms with Crippen LogP contribution in [0.15, 0.2) is 47.0 Å². The molecule has 0 saturated carbocycles. The van der Waals surface area contributed by atoms with Crippen LogP contribution in [0.2, 0.25) is 0 Å². The number of nitrogens with zero attached hydrogens (tertiary/aromatic N) is 2. The molecule has 3 heterocycles. The summed E-state index contributed by atoms with van der Waals surface area (Å²) in [4.78, 5) is 30.3. The van der Waals surface area contributed by atoms with Gasteiger partial charge in [-0.15, -0.1) is 0 Å². The minimum Gasteiger partial charge on any atom is -0.459 e. The van der Waals surface area contributed by atoms with E-state index in [0.29, 0.717) is 18.9 Å². The van der Waals surface area contributed by atoms with Crippen LogP contribution in [0.25, 0.3) is 17.0 Å². The molecule has 0 aliphatic carbocycles. The van der Waals surface area contributed by atoms with E-state index in [0.717, 1.165) is 39.8 Å². The molecule has 0 fully saturated rings. The Hall–Kier alpha value is -3.45. The molecule has 2 aromatic heterocycles. The van der Waals surface area contributed by atoms with Crippen LogP contribution in [0.1, 0.15) is 22.5 Å². The number of nitrogens with one attached hydrogen (secondary N) is 2. The summed E-state index contributed by atoms with van der Waals surface area (Å²) >= 11 is 0. The number of para-hydroxylation sites is 1. The molecule has 0 saturated heterocycles. The van der Waals surface area contributed by atoms with E-state index in [-0.39, 0.29) is 18.4 Å². The molecule has 2 N–H and O–H groups in total. The zero-order valence-corrected chi connectivity index (χ0v) is 17.1. The van der Waals surface area contributed by atoms with Crippen molar-refractivity contribution in [2.75, 3.05) is 25.5 Å². The van der Waals surface area contributed by atoms with Gasteiger partial charge in [0, 0.05) is 30.3 Å². The Morgan fingerprint density at radius 3 is 3.00 bits per heavy atom.